The number of methoxy groups -OCH3 is 3. The van der Waals surface area contributed by atoms with Gasteiger partial charge in [-0.3, -0.25) is 0 Å². The molecular weight excluding hydrogens is 346 g/mol. The van der Waals surface area contributed by atoms with E-state index in [4.69, 9.17) is 39.4 Å². The van der Waals surface area contributed by atoms with Crippen molar-refractivity contribution >= 4 is 28.4 Å². The summed E-state index contributed by atoms with van der Waals surface area (Å²) >= 11 is 0. The quantitative estimate of drug-likeness (QED) is 0.598. The highest BCUT2D eigenvalue weighted by Gasteiger charge is 2.14. The SMILES string of the molecule is [2H]c1c(C([2H])([2H])Nc2cc(OC([2H])([2H])[2H])c(OC)c(OC([2H])([2H])[2H])c2)c(C)c2c(N)nc(N)nc2c1[2H]. The topological polar surface area (TPSA) is 118 Å². The molecule has 0 saturated carbocycles. The van der Waals surface area contributed by atoms with Crippen molar-refractivity contribution in [3.05, 3.63) is 35.3 Å². The zero-order valence-electron chi connectivity index (χ0n) is 24.4. The number of hydrogen-bond donors (Lipinski definition) is 3. The number of nitrogens with one attached hydrogen (secondary N) is 1. The van der Waals surface area contributed by atoms with Crippen molar-refractivity contribution in [1.29, 1.82) is 0 Å². The van der Waals surface area contributed by atoms with E-state index in [-0.39, 0.29) is 45.2 Å². The largest absolute Gasteiger partial charge is 0.493 e. The highest BCUT2D eigenvalue weighted by Crippen LogP contribution is 2.40. The van der Waals surface area contributed by atoms with Gasteiger partial charge in [0.1, 0.15) is 5.82 Å². The molecule has 0 aliphatic rings. The molecule has 0 fully saturated rings. The highest BCUT2D eigenvalue weighted by atomic mass is 16.5. The van der Waals surface area contributed by atoms with Gasteiger partial charge in [0, 0.05) is 29.7 Å². The number of benzene rings is 2. The number of aromatic nitrogens is 2. The van der Waals surface area contributed by atoms with E-state index in [1.807, 2.05) is 0 Å². The van der Waals surface area contributed by atoms with Crippen LogP contribution in [0.3, 0.4) is 0 Å². The lowest BCUT2D eigenvalue weighted by Gasteiger charge is -2.16. The lowest BCUT2D eigenvalue weighted by molar-refractivity contribution is 0.324. The van der Waals surface area contributed by atoms with Crippen LogP contribution in [-0.4, -0.2) is 31.2 Å². The van der Waals surface area contributed by atoms with Gasteiger partial charge in [0.2, 0.25) is 11.7 Å². The van der Waals surface area contributed by atoms with Crippen molar-refractivity contribution < 1.29 is 27.9 Å². The zero-order valence-corrected chi connectivity index (χ0v) is 14.4. The Kier molecular flexibility index (Phi) is 2.62. The number of ether oxygens (including phenoxy) is 3. The number of hydrogen-bond acceptors (Lipinski definition) is 8. The maximum atomic E-state index is 8.68. The Labute approximate surface area is 171 Å². The van der Waals surface area contributed by atoms with Crippen LogP contribution in [-0.2, 0) is 6.50 Å². The highest BCUT2D eigenvalue weighted by molar-refractivity contribution is 5.92. The van der Waals surface area contributed by atoms with Crippen LogP contribution in [0, 0.1) is 6.92 Å². The molecule has 5 N–H and O–H groups in total. The molecule has 0 atom stereocenters. The second kappa shape index (κ2) is 7.45. The Bertz CT molecular complexity index is 1320. The van der Waals surface area contributed by atoms with Gasteiger partial charge in [-0.05, 0) is 24.1 Å². The Balaban J connectivity index is 2.21. The third-order valence-electron chi connectivity index (χ3n) is 3.79. The van der Waals surface area contributed by atoms with Gasteiger partial charge in [-0.15, -0.1) is 0 Å². The van der Waals surface area contributed by atoms with E-state index in [1.165, 1.54) is 6.92 Å². The molecular formula is C19H23N5O3. The van der Waals surface area contributed by atoms with Crippen molar-refractivity contribution in [1.82, 2.24) is 9.97 Å². The van der Waals surface area contributed by atoms with Crippen molar-refractivity contribution in [3.8, 4) is 17.2 Å². The van der Waals surface area contributed by atoms with Gasteiger partial charge in [-0.1, -0.05) is 6.04 Å². The van der Waals surface area contributed by atoms with Gasteiger partial charge in [-0.2, -0.15) is 4.98 Å². The predicted molar refractivity (Wildman–Crippen MR) is 107 cm³/mol. The summed E-state index contributed by atoms with van der Waals surface area (Å²) in [6, 6.07) is 1.16. The van der Waals surface area contributed by atoms with E-state index in [0.717, 1.165) is 19.2 Å². The summed E-state index contributed by atoms with van der Waals surface area (Å²) in [6.45, 7) is -1.13. The van der Waals surface area contributed by atoms with Crippen molar-refractivity contribution in [3.63, 3.8) is 0 Å². The molecule has 0 amide bonds. The van der Waals surface area contributed by atoms with Gasteiger partial charge in [0.15, 0.2) is 11.5 Å². The molecule has 0 aliphatic heterocycles. The second-order valence-corrected chi connectivity index (χ2v) is 5.40. The third-order valence-corrected chi connectivity index (χ3v) is 3.79. The number of nitrogens with two attached hydrogens (primary N) is 2. The van der Waals surface area contributed by atoms with Gasteiger partial charge in [0.05, 0.1) is 40.4 Å². The van der Waals surface area contributed by atoms with E-state index >= 15 is 0 Å². The van der Waals surface area contributed by atoms with Gasteiger partial charge in [-0.25, -0.2) is 4.98 Å². The number of aryl methyl sites for hydroxylation is 1. The number of anilines is 3. The molecule has 0 saturated heterocycles. The Hall–Kier alpha value is -3.42. The molecule has 0 unspecified atom stereocenters. The normalized spacial score (nSPS) is 17.6. The monoisotopic (exact) mass is 379 g/mol. The van der Waals surface area contributed by atoms with Crippen LogP contribution in [0.15, 0.2) is 24.2 Å². The summed E-state index contributed by atoms with van der Waals surface area (Å²) in [5, 5.41) is 2.61. The summed E-state index contributed by atoms with van der Waals surface area (Å²) < 4.78 is 93.5. The molecule has 8 nitrogen and oxygen atoms in total. The molecule has 0 aliphatic carbocycles. The number of rotatable bonds is 6. The van der Waals surface area contributed by atoms with Crippen LogP contribution in [0.25, 0.3) is 10.9 Å². The van der Waals surface area contributed by atoms with Crippen molar-refractivity contribution in [2.75, 3.05) is 38.0 Å². The Morgan fingerprint density at radius 1 is 1.15 bits per heavy atom. The number of nitrogen functional groups attached to an aromatic ring is 2. The van der Waals surface area contributed by atoms with Crippen molar-refractivity contribution in [2.24, 2.45) is 0 Å². The van der Waals surface area contributed by atoms with E-state index in [0.29, 0.717) is 0 Å². The van der Waals surface area contributed by atoms with Crippen LogP contribution in [0.4, 0.5) is 17.5 Å². The van der Waals surface area contributed by atoms with E-state index in [9.17, 15) is 0 Å². The van der Waals surface area contributed by atoms with Crippen LogP contribution >= 0.6 is 0 Å². The van der Waals surface area contributed by atoms with Crippen LogP contribution in [0.1, 0.15) is 24.8 Å². The van der Waals surface area contributed by atoms with Gasteiger partial charge >= 0.3 is 0 Å². The number of fused-ring (bicyclic) bond motifs is 1. The predicted octanol–water partition coefficient (Wildman–Crippen LogP) is 2.74. The summed E-state index contributed by atoms with van der Waals surface area (Å²) in [5.74, 6) is -1.60. The van der Waals surface area contributed by atoms with E-state index in [1.54, 1.807) is 0 Å². The fourth-order valence-electron chi connectivity index (χ4n) is 2.56. The summed E-state index contributed by atoms with van der Waals surface area (Å²) in [4.78, 5) is 7.81. The standard InChI is InChI=1S/C19H23N5O3/c1-10-11(5-6-13-16(10)18(20)24-19(21)23-13)9-22-12-7-14(25-2)17(27-4)15(8-12)26-3/h5-8,22H,9H2,1-4H3,(H4,20,21,23,24)/i2D3,3D3,5D,6D,9D2. The van der Waals surface area contributed by atoms with Crippen LogP contribution < -0.4 is 31.0 Å². The second-order valence-electron chi connectivity index (χ2n) is 5.40. The summed E-state index contributed by atoms with van der Waals surface area (Å²) in [6.07, 6.45) is 0. The van der Waals surface area contributed by atoms with Gasteiger partial charge in [0.25, 0.3) is 0 Å². The first kappa shape index (κ1) is 9.50. The van der Waals surface area contributed by atoms with Gasteiger partial charge < -0.3 is 31.0 Å². The zero-order chi connectivity index (χ0) is 28.1. The maximum absolute atomic E-state index is 8.68. The molecule has 1 heterocycles. The molecule has 27 heavy (non-hydrogen) atoms. The summed E-state index contributed by atoms with van der Waals surface area (Å²) in [5.41, 5.74) is 11.2. The van der Waals surface area contributed by atoms with Crippen molar-refractivity contribution in [2.45, 2.75) is 13.4 Å². The molecule has 2 aromatic carbocycles. The summed E-state index contributed by atoms with van der Waals surface area (Å²) in [7, 11) is -4.80. The van der Waals surface area contributed by atoms with E-state index < -0.39 is 44.2 Å². The average molecular weight is 379 g/mol. The lowest BCUT2D eigenvalue weighted by Crippen LogP contribution is -2.06. The van der Waals surface area contributed by atoms with Crippen LogP contribution in [0.2, 0.25) is 0 Å². The third kappa shape index (κ3) is 3.46. The van der Waals surface area contributed by atoms with Crippen LogP contribution in [0.5, 0.6) is 17.2 Å². The molecule has 8 heteroatoms. The maximum Gasteiger partial charge on any atom is 0.222 e. The molecule has 0 bridgehead atoms. The molecule has 3 rings (SSSR count). The Morgan fingerprint density at radius 3 is 2.48 bits per heavy atom. The first-order valence-electron chi connectivity index (χ1n) is 12.6. The fraction of sp³-hybridized carbons (Fsp3) is 0.263. The minimum Gasteiger partial charge on any atom is -0.493 e. The minimum absolute atomic E-state index is 0.0294. The first-order chi connectivity index (χ1) is 16.8. The molecule has 3 aromatic rings. The number of nitrogens with zero attached hydrogens (tertiary/aromatic N) is 2. The Morgan fingerprint density at radius 2 is 1.85 bits per heavy atom. The lowest BCUT2D eigenvalue weighted by atomic mass is 10.0. The van der Waals surface area contributed by atoms with E-state index in [2.05, 4.69) is 15.3 Å². The fourth-order valence-corrected chi connectivity index (χ4v) is 2.56. The molecule has 142 valence electrons. The minimum atomic E-state index is -2.97. The smallest absolute Gasteiger partial charge is 0.222 e. The average Bonchev–Trinajstić information content (AvgIpc) is 2.68. The first-order valence-corrected chi connectivity index (χ1v) is 7.56. The molecule has 0 spiro atoms. The molecule has 0 radical (unpaired) electrons. The molecule has 1 aromatic heterocycles.